The van der Waals surface area contributed by atoms with Crippen molar-refractivity contribution in [2.75, 3.05) is 0 Å². The van der Waals surface area contributed by atoms with Crippen LogP contribution < -0.4 is 5.73 Å². The summed E-state index contributed by atoms with van der Waals surface area (Å²) in [6.07, 6.45) is 6.85. The van der Waals surface area contributed by atoms with Crippen molar-refractivity contribution in [1.82, 2.24) is 0 Å². The zero-order valence-corrected chi connectivity index (χ0v) is 12.2. The highest BCUT2D eigenvalue weighted by molar-refractivity contribution is 5.19. The molecule has 1 aromatic carbocycles. The van der Waals surface area contributed by atoms with E-state index in [0.717, 1.165) is 11.5 Å². The fraction of sp³-hybridized carbons (Fsp3) is 0.647. The van der Waals surface area contributed by atoms with E-state index in [-0.39, 0.29) is 12.1 Å². The van der Waals surface area contributed by atoms with E-state index in [1.165, 1.54) is 32.1 Å². The number of hydrogen-bond donors (Lipinski definition) is 1. The molecular formula is C17H27NO. The minimum atomic E-state index is -0.0248. The first-order valence-electron chi connectivity index (χ1n) is 7.66. The summed E-state index contributed by atoms with van der Waals surface area (Å²) < 4.78 is 6.21. The molecule has 1 aliphatic rings. The van der Waals surface area contributed by atoms with Crippen LogP contribution in [-0.4, -0.2) is 12.2 Å². The van der Waals surface area contributed by atoms with Crippen LogP contribution in [0.1, 0.15) is 57.6 Å². The predicted molar refractivity (Wildman–Crippen MR) is 80.0 cm³/mol. The van der Waals surface area contributed by atoms with Crippen molar-refractivity contribution in [3.8, 4) is 0 Å². The summed E-state index contributed by atoms with van der Waals surface area (Å²) in [5, 5.41) is 0. The quantitative estimate of drug-likeness (QED) is 0.867. The zero-order valence-electron chi connectivity index (χ0n) is 12.2. The molecule has 1 aliphatic carbocycles. The van der Waals surface area contributed by atoms with Gasteiger partial charge in [-0.25, -0.2) is 0 Å². The van der Waals surface area contributed by atoms with Crippen molar-refractivity contribution >= 4 is 0 Å². The molecule has 0 amide bonds. The Bertz CT molecular complexity index is 365. The SMILES string of the molecule is CCC1CCCC(OC(C)C(N)c2ccccc2)C1. The van der Waals surface area contributed by atoms with Crippen molar-refractivity contribution < 1.29 is 4.74 Å². The third kappa shape index (κ3) is 4.05. The van der Waals surface area contributed by atoms with Gasteiger partial charge in [0.2, 0.25) is 0 Å². The van der Waals surface area contributed by atoms with Crippen molar-refractivity contribution in [3.05, 3.63) is 35.9 Å². The van der Waals surface area contributed by atoms with Crippen LogP contribution >= 0.6 is 0 Å². The van der Waals surface area contributed by atoms with Gasteiger partial charge in [0.25, 0.3) is 0 Å². The second kappa shape index (κ2) is 7.06. The minimum Gasteiger partial charge on any atom is -0.373 e. The zero-order chi connectivity index (χ0) is 13.7. The molecule has 19 heavy (non-hydrogen) atoms. The van der Waals surface area contributed by atoms with Crippen LogP contribution in [0.4, 0.5) is 0 Å². The molecule has 4 atom stereocenters. The maximum atomic E-state index is 6.30. The Balaban J connectivity index is 1.88. The van der Waals surface area contributed by atoms with Crippen molar-refractivity contribution in [2.45, 2.75) is 64.2 Å². The molecular weight excluding hydrogens is 234 g/mol. The van der Waals surface area contributed by atoms with Gasteiger partial charge in [0.05, 0.1) is 18.2 Å². The molecule has 1 saturated carbocycles. The van der Waals surface area contributed by atoms with Gasteiger partial charge in [-0.1, -0.05) is 56.5 Å². The molecule has 2 rings (SSSR count). The van der Waals surface area contributed by atoms with Crippen LogP contribution in [0.5, 0.6) is 0 Å². The van der Waals surface area contributed by atoms with Crippen LogP contribution in [0, 0.1) is 5.92 Å². The average Bonchev–Trinajstić information content (AvgIpc) is 2.47. The first-order chi connectivity index (χ1) is 9.20. The Morgan fingerprint density at radius 2 is 2.00 bits per heavy atom. The van der Waals surface area contributed by atoms with E-state index < -0.39 is 0 Å². The van der Waals surface area contributed by atoms with E-state index in [1.54, 1.807) is 0 Å². The highest BCUT2D eigenvalue weighted by Gasteiger charge is 2.25. The third-order valence-corrected chi connectivity index (χ3v) is 4.41. The van der Waals surface area contributed by atoms with Crippen LogP contribution in [-0.2, 0) is 4.74 Å². The summed E-state index contributed by atoms with van der Waals surface area (Å²) in [6, 6.07) is 10.2. The van der Waals surface area contributed by atoms with E-state index in [2.05, 4.69) is 26.0 Å². The number of rotatable bonds is 5. The Hall–Kier alpha value is -0.860. The maximum absolute atomic E-state index is 6.30. The van der Waals surface area contributed by atoms with Crippen LogP contribution in [0.15, 0.2) is 30.3 Å². The van der Waals surface area contributed by atoms with E-state index >= 15 is 0 Å². The molecule has 2 heteroatoms. The van der Waals surface area contributed by atoms with Crippen LogP contribution in [0.2, 0.25) is 0 Å². The smallest absolute Gasteiger partial charge is 0.0743 e. The van der Waals surface area contributed by atoms with E-state index in [0.29, 0.717) is 6.10 Å². The molecule has 0 bridgehead atoms. The van der Waals surface area contributed by atoms with Crippen molar-refractivity contribution in [2.24, 2.45) is 11.7 Å². The van der Waals surface area contributed by atoms with Crippen LogP contribution in [0.3, 0.4) is 0 Å². The maximum Gasteiger partial charge on any atom is 0.0743 e. The lowest BCUT2D eigenvalue weighted by Crippen LogP contribution is -2.32. The third-order valence-electron chi connectivity index (χ3n) is 4.41. The lowest BCUT2D eigenvalue weighted by Gasteiger charge is -2.32. The van der Waals surface area contributed by atoms with Gasteiger partial charge in [0.1, 0.15) is 0 Å². The Morgan fingerprint density at radius 1 is 1.26 bits per heavy atom. The molecule has 0 spiro atoms. The minimum absolute atomic E-state index is 0.0248. The molecule has 0 aliphatic heterocycles. The first-order valence-corrected chi connectivity index (χ1v) is 7.66. The fourth-order valence-corrected chi connectivity index (χ4v) is 3.07. The second-order valence-electron chi connectivity index (χ2n) is 5.84. The molecule has 1 aromatic rings. The van der Waals surface area contributed by atoms with Gasteiger partial charge >= 0.3 is 0 Å². The summed E-state index contributed by atoms with van der Waals surface area (Å²) in [7, 11) is 0. The lowest BCUT2D eigenvalue weighted by atomic mass is 9.85. The molecule has 0 aromatic heterocycles. The van der Waals surface area contributed by atoms with Gasteiger partial charge in [0, 0.05) is 0 Å². The summed E-state index contributed by atoms with van der Waals surface area (Å²) in [5.41, 5.74) is 7.46. The van der Waals surface area contributed by atoms with E-state index in [1.807, 2.05) is 18.2 Å². The molecule has 0 radical (unpaired) electrons. The van der Waals surface area contributed by atoms with Gasteiger partial charge in [-0.3, -0.25) is 0 Å². The normalized spacial score (nSPS) is 26.9. The van der Waals surface area contributed by atoms with Gasteiger partial charge in [-0.05, 0) is 31.2 Å². The highest BCUT2D eigenvalue weighted by atomic mass is 16.5. The number of benzene rings is 1. The van der Waals surface area contributed by atoms with Crippen LogP contribution in [0.25, 0.3) is 0 Å². The lowest BCUT2D eigenvalue weighted by molar-refractivity contribution is -0.0429. The molecule has 0 saturated heterocycles. The Morgan fingerprint density at radius 3 is 2.68 bits per heavy atom. The standard InChI is InChI=1S/C17H27NO/c1-3-14-8-7-11-16(12-14)19-13(2)17(18)15-9-5-4-6-10-15/h4-6,9-10,13-14,16-17H,3,7-8,11-12,18H2,1-2H3. The van der Waals surface area contributed by atoms with E-state index in [4.69, 9.17) is 10.5 Å². The fourth-order valence-electron chi connectivity index (χ4n) is 3.07. The molecule has 0 heterocycles. The summed E-state index contributed by atoms with van der Waals surface area (Å²) in [6.45, 7) is 4.39. The molecule has 1 fully saturated rings. The van der Waals surface area contributed by atoms with Gasteiger partial charge < -0.3 is 10.5 Å². The summed E-state index contributed by atoms with van der Waals surface area (Å²) in [4.78, 5) is 0. The Kier molecular flexibility index (Phi) is 5.41. The predicted octanol–water partition coefficient (Wildman–Crippen LogP) is 4.06. The number of ether oxygens (including phenoxy) is 1. The van der Waals surface area contributed by atoms with E-state index in [9.17, 15) is 0 Å². The molecule has 4 unspecified atom stereocenters. The molecule has 2 nitrogen and oxygen atoms in total. The monoisotopic (exact) mass is 261 g/mol. The van der Waals surface area contributed by atoms with Crippen molar-refractivity contribution in [3.63, 3.8) is 0 Å². The number of nitrogens with two attached hydrogens (primary N) is 1. The topological polar surface area (TPSA) is 35.2 Å². The second-order valence-corrected chi connectivity index (χ2v) is 5.84. The number of hydrogen-bond acceptors (Lipinski definition) is 2. The van der Waals surface area contributed by atoms with Crippen molar-refractivity contribution in [1.29, 1.82) is 0 Å². The highest BCUT2D eigenvalue weighted by Crippen LogP contribution is 2.30. The Labute approximate surface area is 117 Å². The van der Waals surface area contributed by atoms with Gasteiger partial charge in [-0.2, -0.15) is 0 Å². The van der Waals surface area contributed by atoms with Gasteiger partial charge in [0.15, 0.2) is 0 Å². The summed E-state index contributed by atoms with van der Waals surface area (Å²) >= 11 is 0. The average molecular weight is 261 g/mol. The molecule has 106 valence electrons. The largest absolute Gasteiger partial charge is 0.373 e. The molecule has 2 N–H and O–H groups in total. The van der Waals surface area contributed by atoms with Gasteiger partial charge in [-0.15, -0.1) is 0 Å². The first kappa shape index (κ1) is 14.5. The summed E-state index contributed by atoms with van der Waals surface area (Å²) in [5.74, 6) is 0.846.